The van der Waals surface area contributed by atoms with E-state index in [1.54, 1.807) is 0 Å². The number of aromatic nitrogens is 3. The minimum absolute atomic E-state index is 0.133. The van der Waals surface area contributed by atoms with Crippen molar-refractivity contribution in [1.29, 1.82) is 0 Å². The molecule has 1 atom stereocenters. The zero-order chi connectivity index (χ0) is 15.4. The predicted molar refractivity (Wildman–Crippen MR) is 83.0 cm³/mol. The van der Waals surface area contributed by atoms with Gasteiger partial charge in [-0.25, -0.2) is 0 Å². The van der Waals surface area contributed by atoms with Gasteiger partial charge in [0.05, 0.1) is 18.0 Å². The summed E-state index contributed by atoms with van der Waals surface area (Å²) < 4.78 is 0. The normalized spacial score (nSPS) is 12.0. The summed E-state index contributed by atoms with van der Waals surface area (Å²) in [6, 6.07) is 11.2. The van der Waals surface area contributed by atoms with Gasteiger partial charge in [0.25, 0.3) is 5.91 Å². The highest BCUT2D eigenvalue weighted by Crippen LogP contribution is 2.15. The van der Waals surface area contributed by atoms with Crippen LogP contribution >= 0.6 is 11.3 Å². The highest BCUT2D eigenvalue weighted by molar-refractivity contribution is 7.07. The quantitative estimate of drug-likeness (QED) is 0.752. The van der Waals surface area contributed by atoms with Crippen molar-refractivity contribution < 1.29 is 9.90 Å². The van der Waals surface area contributed by atoms with Crippen molar-refractivity contribution in [3.05, 3.63) is 64.6 Å². The van der Waals surface area contributed by atoms with Crippen molar-refractivity contribution in [1.82, 2.24) is 20.3 Å². The fourth-order valence-corrected chi connectivity index (χ4v) is 2.62. The number of hydrogen-bond acceptors (Lipinski definition) is 5. The second kappa shape index (κ2) is 6.50. The van der Waals surface area contributed by atoms with Crippen LogP contribution in [0.5, 0.6) is 0 Å². The van der Waals surface area contributed by atoms with Gasteiger partial charge in [0, 0.05) is 6.54 Å². The van der Waals surface area contributed by atoms with E-state index in [4.69, 9.17) is 0 Å². The number of rotatable bonds is 5. The van der Waals surface area contributed by atoms with Crippen LogP contribution in [-0.2, 0) is 0 Å². The van der Waals surface area contributed by atoms with E-state index in [1.807, 2.05) is 47.2 Å². The van der Waals surface area contributed by atoms with Gasteiger partial charge >= 0.3 is 0 Å². The molecule has 1 amide bonds. The van der Waals surface area contributed by atoms with Gasteiger partial charge in [0.15, 0.2) is 5.69 Å². The minimum atomic E-state index is -0.723. The number of aliphatic hydroxyl groups is 1. The van der Waals surface area contributed by atoms with E-state index >= 15 is 0 Å². The van der Waals surface area contributed by atoms with Gasteiger partial charge in [-0.3, -0.25) is 4.79 Å². The van der Waals surface area contributed by atoms with Crippen molar-refractivity contribution in [3.63, 3.8) is 0 Å². The van der Waals surface area contributed by atoms with Crippen LogP contribution in [0.4, 0.5) is 0 Å². The molecule has 0 fully saturated rings. The van der Waals surface area contributed by atoms with Gasteiger partial charge in [-0.2, -0.15) is 21.2 Å². The van der Waals surface area contributed by atoms with Crippen LogP contribution in [0.3, 0.4) is 0 Å². The lowest BCUT2D eigenvalue weighted by molar-refractivity contribution is 0.0911. The number of nitrogens with one attached hydrogen (secondary N) is 1. The Labute approximate surface area is 131 Å². The largest absolute Gasteiger partial charge is 0.387 e. The van der Waals surface area contributed by atoms with E-state index in [-0.39, 0.29) is 18.1 Å². The maximum atomic E-state index is 12.0. The number of carbonyl (C=O) groups excluding carboxylic acids is 1. The first kappa shape index (κ1) is 14.4. The summed E-state index contributed by atoms with van der Waals surface area (Å²) in [6.07, 6.45) is 0.679. The average Bonchev–Trinajstić information content (AvgIpc) is 3.24. The molecule has 0 bridgehead atoms. The van der Waals surface area contributed by atoms with Crippen molar-refractivity contribution in [3.8, 4) is 5.69 Å². The highest BCUT2D eigenvalue weighted by atomic mass is 32.1. The SMILES string of the molecule is O=C(NCC(O)c1ccsc1)c1cnn(-c2ccccc2)n1. The van der Waals surface area contributed by atoms with Crippen LogP contribution in [0.25, 0.3) is 5.69 Å². The van der Waals surface area contributed by atoms with Crippen LogP contribution in [0.15, 0.2) is 53.4 Å². The molecule has 1 unspecified atom stereocenters. The third-order valence-corrected chi connectivity index (χ3v) is 3.80. The molecule has 0 saturated heterocycles. The fourth-order valence-electron chi connectivity index (χ4n) is 1.92. The molecule has 22 heavy (non-hydrogen) atoms. The molecule has 0 aliphatic rings. The summed E-state index contributed by atoms with van der Waals surface area (Å²) in [5.74, 6) is -0.364. The van der Waals surface area contributed by atoms with Gasteiger partial charge in [0.1, 0.15) is 0 Å². The fraction of sp³-hybridized carbons (Fsp3) is 0.133. The van der Waals surface area contributed by atoms with Crippen molar-refractivity contribution >= 4 is 17.2 Å². The standard InChI is InChI=1S/C15H14N4O2S/c20-14(11-6-7-22-10-11)9-16-15(21)13-8-17-19(18-13)12-4-2-1-3-5-12/h1-8,10,14,20H,9H2,(H,16,21). The van der Waals surface area contributed by atoms with Crippen molar-refractivity contribution in [2.75, 3.05) is 6.54 Å². The first-order valence-corrected chi connectivity index (χ1v) is 7.64. The third-order valence-electron chi connectivity index (χ3n) is 3.10. The lowest BCUT2D eigenvalue weighted by Crippen LogP contribution is -2.28. The molecule has 7 heteroatoms. The number of aliphatic hydroxyl groups excluding tert-OH is 1. The molecule has 1 aromatic carbocycles. The van der Waals surface area contributed by atoms with E-state index in [0.717, 1.165) is 11.3 Å². The van der Waals surface area contributed by atoms with E-state index in [0.29, 0.717) is 0 Å². The lowest BCUT2D eigenvalue weighted by atomic mass is 10.2. The van der Waals surface area contributed by atoms with Crippen LogP contribution in [0, 0.1) is 0 Å². The lowest BCUT2D eigenvalue weighted by Gasteiger charge is -2.09. The molecule has 2 aromatic heterocycles. The van der Waals surface area contributed by atoms with Crippen molar-refractivity contribution in [2.45, 2.75) is 6.10 Å². The Kier molecular flexibility index (Phi) is 4.27. The summed E-state index contributed by atoms with van der Waals surface area (Å²) in [5, 5.41) is 24.5. The minimum Gasteiger partial charge on any atom is -0.387 e. The summed E-state index contributed by atoms with van der Waals surface area (Å²) in [7, 11) is 0. The second-order valence-corrected chi connectivity index (χ2v) is 5.42. The molecule has 3 aromatic rings. The Bertz CT molecular complexity index is 740. The number of benzene rings is 1. The molecule has 2 N–H and O–H groups in total. The molecule has 6 nitrogen and oxygen atoms in total. The van der Waals surface area contributed by atoms with Crippen LogP contribution < -0.4 is 5.32 Å². The van der Waals surface area contributed by atoms with Gasteiger partial charge in [0.2, 0.25) is 0 Å². The monoisotopic (exact) mass is 314 g/mol. The number of thiophene rings is 1. The molecule has 0 radical (unpaired) electrons. The highest BCUT2D eigenvalue weighted by Gasteiger charge is 2.14. The molecule has 0 spiro atoms. The number of carbonyl (C=O) groups is 1. The summed E-state index contributed by atoms with van der Waals surface area (Å²) in [4.78, 5) is 13.4. The van der Waals surface area contributed by atoms with E-state index < -0.39 is 6.10 Å². The predicted octanol–water partition coefficient (Wildman–Crippen LogP) is 1.79. The van der Waals surface area contributed by atoms with Crippen molar-refractivity contribution in [2.24, 2.45) is 0 Å². The molecule has 112 valence electrons. The molecular formula is C15H14N4O2S. The smallest absolute Gasteiger partial charge is 0.273 e. The summed E-state index contributed by atoms with van der Waals surface area (Å²) >= 11 is 1.50. The topological polar surface area (TPSA) is 80.0 Å². The molecule has 0 aliphatic carbocycles. The summed E-state index contributed by atoms with van der Waals surface area (Å²) in [5.41, 5.74) is 1.78. The number of para-hydroxylation sites is 1. The van der Waals surface area contributed by atoms with Crippen LogP contribution in [0.2, 0.25) is 0 Å². The molecule has 2 heterocycles. The first-order valence-electron chi connectivity index (χ1n) is 6.70. The maximum Gasteiger partial charge on any atom is 0.273 e. The molecule has 0 aliphatic heterocycles. The third kappa shape index (κ3) is 3.21. The zero-order valence-corrected chi connectivity index (χ0v) is 12.4. The van der Waals surface area contributed by atoms with Gasteiger partial charge in [-0.05, 0) is 34.5 Å². The van der Waals surface area contributed by atoms with E-state index in [2.05, 4.69) is 15.5 Å². The van der Waals surface area contributed by atoms with E-state index in [1.165, 1.54) is 22.3 Å². The molecule has 0 saturated carbocycles. The van der Waals surface area contributed by atoms with E-state index in [9.17, 15) is 9.90 Å². The number of nitrogens with zero attached hydrogens (tertiary/aromatic N) is 3. The Morgan fingerprint density at radius 2 is 2.14 bits per heavy atom. The Morgan fingerprint density at radius 1 is 1.32 bits per heavy atom. The van der Waals surface area contributed by atoms with Crippen LogP contribution in [-0.4, -0.2) is 32.6 Å². The van der Waals surface area contributed by atoms with Gasteiger partial charge < -0.3 is 10.4 Å². The Hall–Kier alpha value is -2.51. The molecular weight excluding hydrogens is 300 g/mol. The van der Waals surface area contributed by atoms with Gasteiger partial charge in [-0.1, -0.05) is 18.2 Å². The number of amides is 1. The van der Waals surface area contributed by atoms with Gasteiger partial charge in [-0.15, -0.1) is 5.10 Å². The average molecular weight is 314 g/mol. The summed E-state index contributed by atoms with van der Waals surface area (Å²) in [6.45, 7) is 0.133. The number of hydrogen-bond donors (Lipinski definition) is 2. The first-order chi connectivity index (χ1) is 10.7. The van der Waals surface area contributed by atoms with Crippen LogP contribution in [0.1, 0.15) is 22.2 Å². The Morgan fingerprint density at radius 3 is 2.86 bits per heavy atom. The second-order valence-electron chi connectivity index (χ2n) is 4.64. The zero-order valence-electron chi connectivity index (χ0n) is 11.6. The molecule has 3 rings (SSSR count). The maximum absolute atomic E-state index is 12.0. The Balaban J connectivity index is 1.62.